The highest BCUT2D eigenvalue weighted by atomic mass is 32.1. The molecule has 0 aliphatic heterocycles. The van der Waals surface area contributed by atoms with Crippen LogP contribution < -0.4 is 5.32 Å². The molecule has 1 aromatic rings. The van der Waals surface area contributed by atoms with Crippen molar-refractivity contribution in [3.05, 3.63) is 16.6 Å². The van der Waals surface area contributed by atoms with Crippen molar-refractivity contribution in [3.8, 4) is 0 Å². The summed E-state index contributed by atoms with van der Waals surface area (Å²) in [6.07, 6.45) is 8.55. The van der Waals surface area contributed by atoms with Crippen LogP contribution in [0.4, 0.5) is 0 Å². The molecule has 0 aromatic carbocycles. The summed E-state index contributed by atoms with van der Waals surface area (Å²) in [4.78, 5) is 4.33. The first kappa shape index (κ1) is 13.7. The molecule has 0 aliphatic rings. The van der Waals surface area contributed by atoms with Crippen LogP contribution in [0.2, 0.25) is 0 Å². The summed E-state index contributed by atoms with van der Waals surface area (Å²) in [6, 6.07) is 0.983. The van der Waals surface area contributed by atoms with Crippen molar-refractivity contribution in [2.45, 2.75) is 65.0 Å². The minimum atomic E-state index is 0.390. The molecule has 1 rings (SSSR count). The molecule has 0 radical (unpaired) electrons. The zero-order chi connectivity index (χ0) is 11.8. The van der Waals surface area contributed by atoms with E-state index in [9.17, 15) is 0 Å². The topological polar surface area (TPSA) is 24.9 Å². The van der Waals surface area contributed by atoms with Gasteiger partial charge in [-0.2, -0.15) is 0 Å². The zero-order valence-electron chi connectivity index (χ0n) is 10.7. The van der Waals surface area contributed by atoms with E-state index in [2.05, 4.69) is 31.1 Å². The molecule has 0 amide bonds. The van der Waals surface area contributed by atoms with Gasteiger partial charge in [0.25, 0.3) is 0 Å². The average Bonchev–Trinajstić information content (AvgIpc) is 2.77. The fourth-order valence-corrected chi connectivity index (χ4v) is 2.56. The van der Waals surface area contributed by atoms with E-state index in [-0.39, 0.29) is 0 Å². The minimum Gasteiger partial charge on any atom is -0.306 e. The number of nitrogens with one attached hydrogen (secondary N) is 1. The highest BCUT2D eigenvalue weighted by Crippen LogP contribution is 2.16. The number of hydrogen-bond acceptors (Lipinski definition) is 3. The number of thiazole rings is 1. The van der Waals surface area contributed by atoms with Gasteiger partial charge < -0.3 is 5.32 Å². The first-order valence-electron chi connectivity index (χ1n) is 6.39. The Hall–Kier alpha value is -0.410. The Morgan fingerprint density at radius 3 is 2.75 bits per heavy atom. The Bertz CT molecular complexity index is 259. The lowest BCUT2D eigenvalue weighted by molar-refractivity contribution is 0.437. The molecule has 1 N–H and O–H groups in total. The molecule has 0 bridgehead atoms. The van der Waals surface area contributed by atoms with E-state index in [0.717, 1.165) is 0 Å². The van der Waals surface area contributed by atoms with Gasteiger partial charge in [-0.1, -0.05) is 32.6 Å². The third-order valence-corrected chi connectivity index (χ3v) is 3.81. The van der Waals surface area contributed by atoms with Crippen LogP contribution in [0.5, 0.6) is 0 Å². The third-order valence-electron chi connectivity index (χ3n) is 2.85. The molecule has 2 atom stereocenters. The molecule has 1 aromatic heterocycles. The van der Waals surface area contributed by atoms with Crippen LogP contribution in [0.3, 0.4) is 0 Å². The molecule has 0 saturated carbocycles. The summed E-state index contributed by atoms with van der Waals surface area (Å²) < 4.78 is 0. The van der Waals surface area contributed by atoms with Crippen LogP contribution in [-0.4, -0.2) is 11.0 Å². The summed E-state index contributed by atoms with van der Waals surface area (Å²) in [5, 5.41) is 6.84. The number of aromatic nitrogens is 1. The number of hydrogen-bond donors (Lipinski definition) is 1. The maximum absolute atomic E-state index is 4.33. The van der Waals surface area contributed by atoms with E-state index in [0.29, 0.717) is 12.1 Å². The molecule has 2 unspecified atom stereocenters. The van der Waals surface area contributed by atoms with E-state index in [1.54, 1.807) is 11.3 Å². The molecular formula is C13H24N2S. The third kappa shape index (κ3) is 5.08. The van der Waals surface area contributed by atoms with Gasteiger partial charge in [-0.05, 0) is 20.3 Å². The second-order valence-corrected chi connectivity index (χ2v) is 5.44. The van der Waals surface area contributed by atoms with Crippen molar-refractivity contribution >= 4 is 11.3 Å². The molecule has 0 aliphatic carbocycles. The van der Waals surface area contributed by atoms with E-state index in [4.69, 9.17) is 0 Å². The minimum absolute atomic E-state index is 0.390. The van der Waals surface area contributed by atoms with Crippen molar-refractivity contribution in [2.24, 2.45) is 0 Å². The molecule has 0 saturated heterocycles. The predicted octanol–water partition coefficient (Wildman–Crippen LogP) is 4.15. The van der Waals surface area contributed by atoms with E-state index < -0.39 is 0 Å². The van der Waals surface area contributed by atoms with E-state index in [1.807, 2.05) is 11.6 Å². The highest BCUT2D eigenvalue weighted by Gasteiger charge is 2.10. The van der Waals surface area contributed by atoms with Gasteiger partial charge in [0.15, 0.2) is 0 Å². The molecule has 16 heavy (non-hydrogen) atoms. The highest BCUT2D eigenvalue weighted by molar-refractivity contribution is 7.09. The first-order valence-corrected chi connectivity index (χ1v) is 7.27. The lowest BCUT2D eigenvalue weighted by atomic mass is 10.1. The maximum atomic E-state index is 4.33. The summed E-state index contributed by atoms with van der Waals surface area (Å²) in [5.41, 5.74) is 0. The zero-order valence-corrected chi connectivity index (χ0v) is 11.5. The van der Waals surface area contributed by atoms with Gasteiger partial charge in [0, 0.05) is 17.6 Å². The summed E-state index contributed by atoms with van der Waals surface area (Å²) in [7, 11) is 0. The lowest BCUT2D eigenvalue weighted by Crippen LogP contribution is -2.28. The van der Waals surface area contributed by atoms with Gasteiger partial charge in [-0.25, -0.2) is 4.98 Å². The summed E-state index contributed by atoms with van der Waals surface area (Å²) in [6.45, 7) is 6.73. The Morgan fingerprint density at radius 1 is 1.31 bits per heavy atom. The van der Waals surface area contributed by atoms with Crippen LogP contribution in [-0.2, 0) is 0 Å². The Kier molecular flexibility index (Phi) is 6.65. The van der Waals surface area contributed by atoms with Crippen LogP contribution in [0.15, 0.2) is 11.6 Å². The Balaban J connectivity index is 2.16. The fourth-order valence-electron chi connectivity index (χ4n) is 1.91. The number of unbranched alkanes of at least 4 members (excludes halogenated alkanes) is 3. The SMILES string of the molecule is CCCCCCC(C)NC(C)c1nccs1. The summed E-state index contributed by atoms with van der Waals surface area (Å²) >= 11 is 1.73. The molecule has 1 heterocycles. The largest absolute Gasteiger partial charge is 0.306 e. The van der Waals surface area contributed by atoms with Gasteiger partial charge in [-0.3, -0.25) is 0 Å². The van der Waals surface area contributed by atoms with Crippen LogP contribution >= 0.6 is 11.3 Å². The smallest absolute Gasteiger partial charge is 0.109 e. The monoisotopic (exact) mass is 240 g/mol. The van der Waals surface area contributed by atoms with Crippen molar-refractivity contribution < 1.29 is 0 Å². The van der Waals surface area contributed by atoms with Crippen molar-refractivity contribution in [2.75, 3.05) is 0 Å². The summed E-state index contributed by atoms with van der Waals surface area (Å²) in [5.74, 6) is 0. The lowest BCUT2D eigenvalue weighted by Gasteiger charge is -2.18. The van der Waals surface area contributed by atoms with Gasteiger partial charge in [0.2, 0.25) is 0 Å². The van der Waals surface area contributed by atoms with Gasteiger partial charge >= 0.3 is 0 Å². The molecule has 3 heteroatoms. The standard InChI is InChI=1S/C13H24N2S/c1-4-5-6-7-8-11(2)15-12(3)13-14-9-10-16-13/h9-12,15H,4-8H2,1-3H3. The molecule has 0 fully saturated rings. The van der Waals surface area contributed by atoms with Gasteiger partial charge in [0.05, 0.1) is 6.04 Å². The van der Waals surface area contributed by atoms with Gasteiger partial charge in [-0.15, -0.1) is 11.3 Å². The predicted molar refractivity (Wildman–Crippen MR) is 71.9 cm³/mol. The normalized spacial score (nSPS) is 14.9. The molecule has 92 valence electrons. The Labute approximate surface area is 103 Å². The van der Waals surface area contributed by atoms with Crippen LogP contribution in [0.1, 0.15) is 63.9 Å². The fraction of sp³-hybridized carbons (Fsp3) is 0.769. The quantitative estimate of drug-likeness (QED) is 0.690. The van der Waals surface area contributed by atoms with E-state index >= 15 is 0 Å². The second-order valence-electron chi connectivity index (χ2n) is 4.51. The number of nitrogens with zero attached hydrogens (tertiary/aromatic N) is 1. The maximum Gasteiger partial charge on any atom is 0.109 e. The van der Waals surface area contributed by atoms with Gasteiger partial charge in [0.1, 0.15) is 5.01 Å². The second kappa shape index (κ2) is 7.80. The van der Waals surface area contributed by atoms with E-state index in [1.165, 1.54) is 37.1 Å². The van der Waals surface area contributed by atoms with Crippen molar-refractivity contribution in [3.63, 3.8) is 0 Å². The average molecular weight is 240 g/mol. The molecule has 0 spiro atoms. The van der Waals surface area contributed by atoms with Crippen molar-refractivity contribution in [1.82, 2.24) is 10.3 Å². The first-order chi connectivity index (χ1) is 7.74. The molecule has 2 nitrogen and oxygen atoms in total. The number of rotatable bonds is 8. The van der Waals surface area contributed by atoms with Crippen LogP contribution in [0, 0.1) is 0 Å². The van der Waals surface area contributed by atoms with Crippen molar-refractivity contribution in [1.29, 1.82) is 0 Å². The molecular weight excluding hydrogens is 216 g/mol. The Morgan fingerprint density at radius 2 is 2.12 bits per heavy atom. The van der Waals surface area contributed by atoms with Crippen LogP contribution in [0.25, 0.3) is 0 Å².